The highest BCUT2D eigenvalue weighted by Crippen LogP contribution is 2.54. The fourth-order valence-corrected chi connectivity index (χ4v) is 7.04. The van der Waals surface area contributed by atoms with Crippen LogP contribution >= 0.6 is 11.3 Å². The van der Waals surface area contributed by atoms with Gasteiger partial charge in [0.1, 0.15) is 5.00 Å². The van der Waals surface area contributed by atoms with Gasteiger partial charge in [0, 0.05) is 24.1 Å². The molecule has 4 fully saturated rings. The number of amides is 1. The minimum absolute atomic E-state index is 0.0212. The number of carbonyl (C=O) groups is 2. The monoisotopic (exact) mass is 377 g/mol. The first kappa shape index (κ1) is 18.0. The number of anilines is 1. The highest BCUT2D eigenvalue weighted by molar-refractivity contribution is 7.16. The van der Waals surface area contributed by atoms with Crippen LogP contribution in [0.4, 0.5) is 5.00 Å². The Balaban J connectivity index is 1.41. The highest BCUT2D eigenvalue weighted by Gasteiger charge is 2.53. The van der Waals surface area contributed by atoms with E-state index in [9.17, 15) is 9.59 Å². The molecule has 1 amide bonds. The lowest BCUT2D eigenvalue weighted by Gasteiger charge is -2.54. The van der Waals surface area contributed by atoms with E-state index in [4.69, 9.17) is 4.74 Å². The summed E-state index contributed by atoms with van der Waals surface area (Å²) < 4.78 is 4.89. The van der Waals surface area contributed by atoms with E-state index >= 15 is 0 Å². The predicted octanol–water partition coefficient (Wildman–Crippen LogP) is 2.62. The summed E-state index contributed by atoms with van der Waals surface area (Å²) in [5.74, 6) is 2.25. The maximum atomic E-state index is 12.6. The molecule has 1 aromatic rings. The van der Waals surface area contributed by atoms with Crippen molar-refractivity contribution in [1.29, 1.82) is 0 Å². The number of ether oxygens (including phenoxy) is 1. The number of carbonyl (C=O) groups excluding carboxylic acids is 2. The van der Waals surface area contributed by atoms with Crippen LogP contribution in [-0.2, 0) is 9.53 Å². The number of nitrogens with one attached hydrogen (secondary N) is 1. The normalized spacial score (nSPS) is 31.9. The quantitative estimate of drug-likeness (QED) is 0.775. The van der Waals surface area contributed by atoms with Gasteiger partial charge in [0.15, 0.2) is 6.54 Å². The van der Waals surface area contributed by atoms with E-state index in [0.717, 1.165) is 28.2 Å². The number of nitrogens with two attached hydrogens (primary N) is 1. The number of rotatable bonds is 5. The Morgan fingerprint density at radius 2 is 1.73 bits per heavy atom. The second-order valence-corrected chi connectivity index (χ2v) is 9.94. The summed E-state index contributed by atoms with van der Waals surface area (Å²) >= 11 is 1.45. The molecule has 0 atom stereocenters. The van der Waals surface area contributed by atoms with Crippen LogP contribution in [-0.4, -0.2) is 31.1 Å². The molecule has 1 aromatic heterocycles. The second-order valence-electron chi connectivity index (χ2n) is 8.72. The second kappa shape index (κ2) is 6.64. The summed E-state index contributed by atoms with van der Waals surface area (Å²) in [6.45, 7) is 4.29. The van der Waals surface area contributed by atoms with E-state index < -0.39 is 0 Å². The number of hydrogen-bond acceptors (Lipinski definition) is 4. The SMILES string of the molecule is COC(=O)c1c(NC(=O)C[NH2+]C23CC4CC(CC(C4)C2)C3)sc(C)c1C. The number of aryl methyl sites for hydroxylation is 1. The number of quaternary nitrogens is 1. The molecule has 0 spiro atoms. The van der Waals surface area contributed by atoms with Crippen molar-refractivity contribution in [2.24, 2.45) is 17.8 Å². The number of methoxy groups -OCH3 is 1. The van der Waals surface area contributed by atoms with Crippen LogP contribution in [0.2, 0.25) is 0 Å². The van der Waals surface area contributed by atoms with Gasteiger partial charge in [-0.1, -0.05) is 0 Å². The third-order valence-electron chi connectivity index (χ3n) is 6.83. The Hall–Kier alpha value is -1.40. The van der Waals surface area contributed by atoms with Gasteiger partial charge < -0.3 is 15.4 Å². The molecule has 1 heterocycles. The Morgan fingerprint density at radius 1 is 1.15 bits per heavy atom. The lowest BCUT2D eigenvalue weighted by atomic mass is 9.53. The van der Waals surface area contributed by atoms with E-state index in [1.165, 1.54) is 57.0 Å². The minimum atomic E-state index is -0.382. The largest absolute Gasteiger partial charge is 0.465 e. The maximum Gasteiger partial charge on any atom is 0.341 e. The molecule has 142 valence electrons. The number of esters is 1. The molecule has 6 heteroatoms. The first-order valence-electron chi connectivity index (χ1n) is 9.71. The van der Waals surface area contributed by atoms with E-state index in [2.05, 4.69) is 10.6 Å². The molecule has 4 saturated carbocycles. The zero-order valence-corrected chi connectivity index (χ0v) is 16.7. The van der Waals surface area contributed by atoms with Crippen molar-refractivity contribution >= 4 is 28.2 Å². The summed E-state index contributed by atoms with van der Waals surface area (Å²) in [7, 11) is 1.38. The molecule has 3 N–H and O–H groups in total. The zero-order valence-electron chi connectivity index (χ0n) is 15.9. The lowest BCUT2D eigenvalue weighted by molar-refractivity contribution is -0.729. The van der Waals surface area contributed by atoms with Gasteiger partial charge in [0.05, 0.1) is 18.2 Å². The Bertz CT molecular complexity index is 704. The van der Waals surface area contributed by atoms with Gasteiger partial charge in [-0.2, -0.15) is 0 Å². The Labute approximate surface area is 158 Å². The van der Waals surface area contributed by atoms with Crippen molar-refractivity contribution in [3.63, 3.8) is 0 Å². The molecule has 26 heavy (non-hydrogen) atoms. The molecule has 0 aromatic carbocycles. The van der Waals surface area contributed by atoms with E-state index in [0.29, 0.717) is 22.6 Å². The third kappa shape index (κ3) is 3.18. The summed E-state index contributed by atoms with van der Waals surface area (Å²) in [4.78, 5) is 25.7. The molecule has 4 aliphatic carbocycles. The molecular weight excluding hydrogens is 348 g/mol. The van der Waals surface area contributed by atoms with Crippen molar-refractivity contribution in [1.82, 2.24) is 0 Å². The van der Waals surface area contributed by atoms with Gasteiger partial charge in [0.25, 0.3) is 5.91 Å². The van der Waals surface area contributed by atoms with Gasteiger partial charge in [-0.3, -0.25) is 4.79 Å². The first-order chi connectivity index (χ1) is 12.4. The van der Waals surface area contributed by atoms with Crippen LogP contribution in [0.1, 0.15) is 59.3 Å². The van der Waals surface area contributed by atoms with Gasteiger partial charge in [-0.25, -0.2) is 4.79 Å². The van der Waals surface area contributed by atoms with Crippen molar-refractivity contribution in [2.45, 2.75) is 57.9 Å². The molecule has 0 saturated heterocycles. The van der Waals surface area contributed by atoms with Gasteiger partial charge in [-0.05, 0) is 56.4 Å². The summed E-state index contributed by atoms with van der Waals surface area (Å²) in [5.41, 5.74) is 1.68. The van der Waals surface area contributed by atoms with Crippen molar-refractivity contribution in [3.8, 4) is 0 Å². The average Bonchev–Trinajstić information content (AvgIpc) is 2.85. The molecule has 4 aliphatic rings. The Kier molecular flexibility index (Phi) is 4.59. The topological polar surface area (TPSA) is 72.0 Å². The summed E-state index contributed by atoms with van der Waals surface area (Å²) in [5, 5.41) is 5.89. The summed E-state index contributed by atoms with van der Waals surface area (Å²) in [6, 6.07) is 0. The highest BCUT2D eigenvalue weighted by atomic mass is 32.1. The molecule has 0 unspecified atom stereocenters. The van der Waals surface area contributed by atoms with Crippen LogP contribution in [0.5, 0.6) is 0 Å². The van der Waals surface area contributed by atoms with Crippen LogP contribution in [0.15, 0.2) is 0 Å². The summed E-state index contributed by atoms with van der Waals surface area (Å²) in [6.07, 6.45) is 8.06. The van der Waals surface area contributed by atoms with Crippen LogP contribution in [0, 0.1) is 31.6 Å². The van der Waals surface area contributed by atoms with Crippen LogP contribution in [0.25, 0.3) is 0 Å². The fraction of sp³-hybridized carbons (Fsp3) is 0.700. The predicted molar refractivity (Wildman–Crippen MR) is 101 cm³/mol. The molecule has 4 bridgehead atoms. The number of hydrogen-bond donors (Lipinski definition) is 2. The van der Waals surface area contributed by atoms with Crippen LogP contribution < -0.4 is 10.6 Å². The minimum Gasteiger partial charge on any atom is -0.465 e. The van der Waals surface area contributed by atoms with E-state index in [1.54, 1.807) is 0 Å². The van der Waals surface area contributed by atoms with Crippen molar-refractivity contribution in [2.75, 3.05) is 19.0 Å². The first-order valence-corrected chi connectivity index (χ1v) is 10.5. The molecule has 0 aliphatic heterocycles. The van der Waals surface area contributed by atoms with Crippen LogP contribution in [0.3, 0.4) is 0 Å². The standard InChI is InChI=1S/C20H28N2O3S/c1-11-12(2)26-18(17(11)19(24)25-3)22-16(23)10-21-20-7-13-4-14(8-20)6-15(5-13)9-20/h13-15,21H,4-10H2,1-3H3,(H,22,23)/p+1. The smallest absolute Gasteiger partial charge is 0.341 e. The number of thiophene rings is 1. The molecule has 0 radical (unpaired) electrons. The fourth-order valence-electron chi connectivity index (χ4n) is 5.98. The Morgan fingerprint density at radius 3 is 2.27 bits per heavy atom. The van der Waals surface area contributed by atoms with E-state index in [1.807, 2.05) is 13.8 Å². The van der Waals surface area contributed by atoms with Gasteiger partial charge in [0.2, 0.25) is 0 Å². The molecule has 5 rings (SSSR count). The zero-order chi connectivity index (χ0) is 18.5. The lowest BCUT2D eigenvalue weighted by Crippen LogP contribution is -3.00. The molecule has 5 nitrogen and oxygen atoms in total. The third-order valence-corrected chi connectivity index (χ3v) is 7.96. The van der Waals surface area contributed by atoms with Gasteiger partial charge >= 0.3 is 5.97 Å². The van der Waals surface area contributed by atoms with Crippen molar-refractivity contribution in [3.05, 3.63) is 16.0 Å². The van der Waals surface area contributed by atoms with Gasteiger partial charge in [-0.15, -0.1) is 11.3 Å². The molecular formula is C20H29N2O3S+. The average molecular weight is 378 g/mol. The van der Waals surface area contributed by atoms with Crippen molar-refractivity contribution < 1.29 is 19.6 Å². The maximum absolute atomic E-state index is 12.6. The van der Waals surface area contributed by atoms with E-state index in [-0.39, 0.29) is 11.9 Å².